The van der Waals surface area contributed by atoms with Gasteiger partial charge in [0.05, 0.1) is 18.2 Å². The minimum atomic E-state index is -0.653. The van der Waals surface area contributed by atoms with E-state index in [-0.39, 0.29) is 11.3 Å². The van der Waals surface area contributed by atoms with E-state index in [1.807, 2.05) is 56.3 Å². The molecule has 2 aromatic carbocycles. The van der Waals surface area contributed by atoms with Crippen molar-refractivity contribution < 1.29 is 19.4 Å². The van der Waals surface area contributed by atoms with Crippen LogP contribution in [0.15, 0.2) is 60.2 Å². The van der Waals surface area contributed by atoms with E-state index in [9.17, 15) is 14.7 Å². The summed E-state index contributed by atoms with van der Waals surface area (Å²) in [4.78, 5) is 29.4. The van der Waals surface area contributed by atoms with Crippen LogP contribution in [0.25, 0.3) is 5.76 Å². The van der Waals surface area contributed by atoms with Crippen LogP contribution in [-0.4, -0.2) is 60.4 Å². The van der Waals surface area contributed by atoms with Gasteiger partial charge in [-0.1, -0.05) is 42.5 Å². The molecule has 1 N–H and O–H groups in total. The Kier molecular flexibility index (Phi) is 6.90. The van der Waals surface area contributed by atoms with Crippen molar-refractivity contribution in [1.82, 2.24) is 9.80 Å². The van der Waals surface area contributed by atoms with E-state index >= 15 is 0 Å². The Balaban J connectivity index is 2.05. The Hall–Kier alpha value is -3.12. The molecule has 1 atom stereocenters. The number of amides is 1. The van der Waals surface area contributed by atoms with Gasteiger partial charge in [0.1, 0.15) is 11.5 Å². The van der Waals surface area contributed by atoms with Gasteiger partial charge in [-0.25, -0.2) is 0 Å². The predicted molar refractivity (Wildman–Crippen MR) is 116 cm³/mol. The monoisotopic (exact) mass is 408 g/mol. The van der Waals surface area contributed by atoms with Crippen molar-refractivity contribution in [3.8, 4) is 5.75 Å². The fourth-order valence-electron chi connectivity index (χ4n) is 3.68. The van der Waals surface area contributed by atoms with E-state index in [0.717, 1.165) is 18.5 Å². The second-order valence-electron chi connectivity index (χ2n) is 7.52. The van der Waals surface area contributed by atoms with Crippen molar-refractivity contribution in [1.29, 1.82) is 0 Å². The normalized spacial score (nSPS) is 18.3. The standard InChI is InChI=1S/C24H28N2O4/c1-4-30-19-13-11-17(12-14-19)21-20(22(27)18-9-6-5-7-10-18)23(28)24(29)26(21)16-8-15-25(2)3/h5-7,9-14,21,27H,4,8,15-16H2,1-3H3/t21-/m1/s1. The van der Waals surface area contributed by atoms with Crippen LogP contribution in [0.4, 0.5) is 0 Å². The molecule has 6 heteroatoms. The number of benzene rings is 2. The van der Waals surface area contributed by atoms with Gasteiger partial charge in [0.25, 0.3) is 11.7 Å². The average molecular weight is 408 g/mol. The summed E-state index contributed by atoms with van der Waals surface area (Å²) in [5.74, 6) is -0.665. The van der Waals surface area contributed by atoms with Crippen LogP contribution >= 0.6 is 0 Å². The number of likely N-dealkylation sites (tertiary alicyclic amines) is 1. The number of carbonyl (C=O) groups excluding carboxylic acids is 2. The summed E-state index contributed by atoms with van der Waals surface area (Å²) in [6.45, 7) is 3.67. The first kappa shape index (κ1) is 21.6. The quantitative estimate of drug-likeness (QED) is 0.412. The zero-order valence-corrected chi connectivity index (χ0v) is 17.7. The molecule has 1 saturated heterocycles. The molecule has 0 radical (unpaired) electrons. The SMILES string of the molecule is CCOc1ccc([C@@H]2C(=C(O)c3ccccc3)C(=O)C(=O)N2CCCN(C)C)cc1. The first-order valence-electron chi connectivity index (χ1n) is 10.1. The van der Waals surface area contributed by atoms with Crippen molar-refractivity contribution in [2.45, 2.75) is 19.4 Å². The Morgan fingerprint density at radius 2 is 1.73 bits per heavy atom. The highest BCUT2D eigenvalue weighted by Gasteiger charge is 2.45. The zero-order chi connectivity index (χ0) is 21.7. The lowest BCUT2D eigenvalue weighted by Crippen LogP contribution is -2.32. The molecule has 0 aliphatic carbocycles. The summed E-state index contributed by atoms with van der Waals surface area (Å²) < 4.78 is 5.51. The lowest BCUT2D eigenvalue weighted by molar-refractivity contribution is -0.139. The van der Waals surface area contributed by atoms with Crippen LogP contribution in [0, 0.1) is 0 Å². The first-order chi connectivity index (χ1) is 14.4. The molecular formula is C24H28N2O4. The number of rotatable bonds is 8. The van der Waals surface area contributed by atoms with Gasteiger partial charge in [0.2, 0.25) is 0 Å². The third kappa shape index (κ3) is 4.54. The van der Waals surface area contributed by atoms with Crippen molar-refractivity contribution in [2.24, 2.45) is 0 Å². The second-order valence-corrected chi connectivity index (χ2v) is 7.52. The smallest absolute Gasteiger partial charge is 0.295 e. The first-order valence-corrected chi connectivity index (χ1v) is 10.1. The molecule has 2 aromatic rings. The summed E-state index contributed by atoms with van der Waals surface area (Å²) in [6.07, 6.45) is 0.721. The fraction of sp³-hybridized carbons (Fsp3) is 0.333. The maximum atomic E-state index is 12.9. The third-order valence-electron chi connectivity index (χ3n) is 5.10. The highest BCUT2D eigenvalue weighted by Crippen LogP contribution is 2.39. The maximum Gasteiger partial charge on any atom is 0.295 e. The molecule has 0 spiro atoms. The molecule has 3 rings (SSSR count). The lowest BCUT2D eigenvalue weighted by atomic mass is 9.95. The Bertz CT molecular complexity index is 920. The fourth-order valence-corrected chi connectivity index (χ4v) is 3.68. The molecule has 0 aromatic heterocycles. The Morgan fingerprint density at radius 3 is 2.33 bits per heavy atom. The summed E-state index contributed by atoms with van der Waals surface area (Å²) in [5.41, 5.74) is 1.40. The van der Waals surface area contributed by atoms with E-state index < -0.39 is 17.7 Å². The number of carbonyl (C=O) groups is 2. The molecule has 1 aliphatic rings. The van der Waals surface area contributed by atoms with Gasteiger partial charge < -0.3 is 19.6 Å². The highest BCUT2D eigenvalue weighted by atomic mass is 16.5. The topological polar surface area (TPSA) is 70.1 Å². The van der Waals surface area contributed by atoms with E-state index in [2.05, 4.69) is 0 Å². The molecule has 1 fully saturated rings. The molecule has 1 aliphatic heterocycles. The molecule has 1 amide bonds. The number of ketones is 1. The lowest BCUT2D eigenvalue weighted by Gasteiger charge is -2.26. The van der Waals surface area contributed by atoms with Crippen LogP contribution in [0.2, 0.25) is 0 Å². The van der Waals surface area contributed by atoms with Gasteiger partial charge in [0.15, 0.2) is 0 Å². The van der Waals surface area contributed by atoms with Gasteiger partial charge in [-0.3, -0.25) is 9.59 Å². The number of hydrogen-bond donors (Lipinski definition) is 1. The highest BCUT2D eigenvalue weighted by molar-refractivity contribution is 6.46. The number of ether oxygens (including phenoxy) is 1. The summed E-state index contributed by atoms with van der Waals surface area (Å²) in [7, 11) is 3.93. The van der Waals surface area contributed by atoms with E-state index in [0.29, 0.717) is 24.5 Å². The minimum Gasteiger partial charge on any atom is -0.507 e. The number of aliphatic hydroxyl groups is 1. The molecule has 0 unspecified atom stereocenters. The molecule has 158 valence electrons. The molecule has 30 heavy (non-hydrogen) atoms. The van der Waals surface area contributed by atoms with Crippen LogP contribution in [-0.2, 0) is 9.59 Å². The zero-order valence-electron chi connectivity index (χ0n) is 17.7. The third-order valence-corrected chi connectivity index (χ3v) is 5.10. The van der Waals surface area contributed by atoms with Crippen molar-refractivity contribution in [2.75, 3.05) is 33.8 Å². The Morgan fingerprint density at radius 1 is 1.07 bits per heavy atom. The number of Topliss-reactive ketones (excluding diaryl/α,β-unsaturated/α-hetero) is 1. The average Bonchev–Trinajstić information content (AvgIpc) is 2.99. The van der Waals surface area contributed by atoms with Crippen LogP contribution in [0.5, 0.6) is 5.75 Å². The number of nitrogens with zero attached hydrogens (tertiary/aromatic N) is 2. The Labute approximate surface area is 177 Å². The van der Waals surface area contributed by atoms with Gasteiger partial charge in [0, 0.05) is 12.1 Å². The summed E-state index contributed by atoms with van der Waals surface area (Å²) >= 11 is 0. The van der Waals surface area contributed by atoms with Gasteiger partial charge in [-0.05, 0) is 51.7 Å². The van der Waals surface area contributed by atoms with Crippen LogP contribution in [0.1, 0.15) is 30.5 Å². The summed E-state index contributed by atoms with van der Waals surface area (Å²) in [6, 6.07) is 15.6. The van der Waals surface area contributed by atoms with E-state index in [4.69, 9.17) is 4.74 Å². The minimum absolute atomic E-state index is 0.125. The summed E-state index contributed by atoms with van der Waals surface area (Å²) in [5, 5.41) is 11.0. The molecule has 0 saturated carbocycles. The molecule has 1 heterocycles. The largest absolute Gasteiger partial charge is 0.507 e. The molecule has 0 bridgehead atoms. The van der Waals surface area contributed by atoms with Crippen LogP contribution in [0.3, 0.4) is 0 Å². The van der Waals surface area contributed by atoms with Crippen molar-refractivity contribution in [3.63, 3.8) is 0 Å². The molecule has 6 nitrogen and oxygen atoms in total. The van der Waals surface area contributed by atoms with E-state index in [1.165, 1.54) is 0 Å². The van der Waals surface area contributed by atoms with Gasteiger partial charge >= 0.3 is 0 Å². The number of hydrogen-bond acceptors (Lipinski definition) is 5. The van der Waals surface area contributed by atoms with Crippen molar-refractivity contribution in [3.05, 3.63) is 71.3 Å². The van der Waals surface area contributed by atoms with Gasteiger partial charge in [-0.2, -0.15) is 0 Å². The van der Waals surface area contributed by atoms with Crippen LogP contribution < -0.4 is 4.74 Å². The van der Waals surface area contributed by atoms with Crippen molar-refractivity contribution >= 4 is 17.4 Å². The second kappa shape index (κ2) is 9.59. The number of aliphatic hydroxyl groups excluding tert-OH is 1. The van der Waals surface area contributed by atoms with Gasteiger partial charge in [-0.15, -0.1) is 0 Å². The maximum absolute atomic E-state index is 12.9. The molecular weight excluding hydrogens is 380 g/mol. The van der Waals surface area contributed by atoms with E-state index in [1.54, 1.807) is 29.2 Å². The predicted octanol–water partition coefficient (Wildman–Crippen LogP) is 3.46.